The van der Waals surface area contributed by atoms with Crippen molar-refractivity contribution in [1.82, 2.24) is 0 Å². The van der Waals surface area contributed by atoms with Crippen molar-refractivity contribution in [1.29, 1.82) is 0 Å². The molecule has 1 saturated heterocycles. The second kappa shape index (κ2) is 2.98. The van der Waals surface area contributed by atoms with Crippen LogP contribution in [0.2, 0.25) is 0 Å². The van der Waals surface area contributed by atoms with E-state index in [1.807, 2.05) is 0 Å². The summed E-state index contributed by atoms with van der Waals surface area (Å²) in [5.41, 5.74) is 0. The summed E-state index contributed by atoms with van der Waals surface area (Å²) in [4.78, 5) is 0. The highest BCUT2D eigenvalue weighted by molar-refractivity contribution is 14.1. The van der Waals surface area contributed by atoms with E-state index in [0.29, 0.717) is 0 Å². The van der Waals surface area contributed by atoms with Gasteiger partial charge in [0, 0.05) is 11.0 Å². The van der Waals surface area contributed by atoms with Crippen molar-refractivity contribution >= 4 is 22.6 Å². The normalized spacial score (nSPS) is 38.2. The van der Waals surface area contributed by atoms with E-state index < -0.39 is 0 Å². The van der Waals surface area contributed by atoms with Crippen LogP contribution in [0.5, 0.6) is 0 Å². The largest absolute Gasteiger partial charge is 0.390 e. The Hall–Kier alpha value is 0.650. The molecule has 0 saturated carbocycles. The minimum atomic E-state index is -0.202. The summed E-state index contributed by atoms with van der Waals surface area (Å²) >= 11 is 2.22. The van der Waals surface area contributed by atoms with Gasteiger partial charge in [0.15, 0.2) is 0 Å². The Balaban J connectivity index is 2.30. The van der Waals surface area contributed by atoms with E-state index in [9.17, 15) is 0 Å². The Morgan fingerprint density at radius 2 is 2.50 bits per heavy atom. The first-order chi connectivity index (χ1) is 3.84. The first kappa shape index (κ1) is 6.77. The molecule has 0 spiro atoms. The van der Waals surface area contributed by atoms with Crippen LogP contribution in [0, 0.1) is 0 Å². The Morgan fingerprint density at radius 1 is 1.75 bits per heavy atom. The topological polar surface area (TPSA) is 29.5 Å². The van der Waals surface area contributed by atoms with E-state index in [-0.39, 0.29) is 12.2 Å². The lowest BCUT2D eigenvalue weighted by Crippen LogP contribution is -2.21. The molecule has 2 nitrogen and oxygen atoms in total. The highest BCUT2D eigenvalue weighted by Gasteiger charge is 2.24. The van der Waals surface area contributed by atoms with E-state index >= 15 is 0 Å². The summed E-state index contributed by atoms with van der Waals surface area (Å²) in [6.07, 6.45) is 0.718. The van der Waals surface area contributed by atoms with Crippen LogP contribution in [0.25, 0.3) is 0 Å². The number of hydrogen-bond acceptors (Lipinski definition) is 2. The van der Waals surface area contributed by atoms with Crippen molar-refractivity contribution in [3.63, 3.8) is 0 Å². The van der Waals surface area contributed by atoms with Gasteiger partial charge in [-0.1, -0.05) is 22.6 Å². The monoisotopic (exact) mass is 228 g/mol. The van der Waals surface area contributed by atoms with E-state index in [2.05, 4.69) is 22.6 Å². The molecule has 0 aliphatic carbocycles. The summed E-state index contributed by atoms with van der Waals surface area (Å²) in [6.45, 7) is 0.731. The van der Waals surface area contributed by atoms with Crippen molar-refractivity contribution in [2.75, 3.05) is 11.0 Å². The zero-order chi connectivity index (χ0) is 5.98. The molecule has 1 N–H and O–H groups in total. The molecule has 0 aromatic rings. The minimum absolute atomic E-state index is 0.107. The van der Waals surface area contributed by atoms with Gasteiger partial charge in [-0.2, -0.15) is 0 Å². The van der Waals surface area contributed by atoms with Gasteiger partial charge < -0.3 is 9.84 Å². The highest BCUT2D eigenvalue weighted by atomic mass is 127. The fraction of sp³-hybridized carbons (Fsp3) is 1.00. The van der Waals surface area contributed by atoms with Crippen LogP contribution in [0.4, 0.5) is 0 Å². The molecule has 0 amide bonds. The molecule has 48 valence electrons. The smallest absolute Gasteiger partial charge is 0.0923 e. The average Bonchev–Trinajstić information content (AvgIpc) is 2.14. The predicted octanol–water partition coefficient (Wildman–Crippen LogP) is 0.571. The summed E-state index contributed by atoms with van der Waals surface area (Å²) in [5, 5.41) is 9.06. The second-order valence-electron chi connectivity index (χ2n) is 1.92. The fourth-order valence-corrected chi connectivity index (χ4v) is 1.63. The fourth-order valence-electron chi connectivity index (χ4n) is 0.785. The molecule has 0 unspecified atom stereocenters. The SMILES string of the molecule is O[C@@H]1CCO[C@@H]1CI. The number of halogens is 1. The maximum atomic E-state index is 9.06. The lowest BCUT2D eigenvalue weighted by Gasteiger charge is -2.07. The first-order valence-corrected chi connectivity index (χ1v) is 4.23. The first-order valence-electron chi connectivity index (χ1n) is 2.70. The van der Waals surface area contributed by atoms with Gasteiger partial charge in [0.25, 0.3) is 0 Å². The number of rotatable bonds is 1. The van der Waals surface area contributed by atoms with Crippen LogP contribution in [-0.4, -0.2) is 28.3 Å². The molecule has 0 aromatic heterocycles. The zero-order valence-electron chi connectivity index (χ0n) is 4.51. The predicted molar refractivity (Wildman–Crippen MR) is 39.3 cm³/mol. The van der Waals surface area contributed by atoms with Gasteiger partial charge in [-0.05, 0) is 6.42 Å². The summed E-state index contributed by atoms with van der Waals surface area (Å²) < 4.78 is 6.06. The van der Waals surface area contributed by atoms with Gasteiger partial charge in [-0.3, -0.25) is 0 Å². The number of hydrogen-bond donors (Lipinski definition) is 1. The van der Waals surface area contributed by atoms with Gasteiger partial charge in [-0.25, -0.2) is 0 Å². The van der Waals surface area contributed by atoms with Crippen molar-refractivity contribution in [3.05, 3.63) is 0 Å². The molecule has 1 aliphatic heterocycles. The van der Waals surface area contributed by atoms with Gasteiger partial charge in [0.2, 0.25) is 0 Å². The van der Waals surface area contributed by atoms with Crippen LogP contribution in [0.1, 0.15) is 6.42 Å². The molecule has 1 rings (SSSR count). The summed E-state index contributed by atoms with van der Waals surface area (Å²) in [6, 6.07) is 0. The van der Waals surface area contributed by atoms with E-state index in [0.717, 1.165) is 17.5 Å². The third-order valence-electron chi connectivity index (χ3n) is 1.33. The number of aliphatic hydroxyl groups excluding tert-OH is 1. The van der Waals surface area contributed by atoms with Gasteiger partial charge in [0.05, 0.1) is 12.2 Å². The van der Waals surface area contributed by atoms with E-state index in [1.54, 1.807) is 0 Å². The summed E-state index contributed by atoms with van der Waals surface area (Å²) in [7, 11) is 0. The number of aliphatic hydroxyl groups is 1. The lowest BCUT2D eigenvalue weighted by atomic mass is 10.2. The molecule has 3 heteroatoms. The number of ether oxygens (including phenoxy) is 1. The molecule has 1 heterocycles. The van der Waals surface area contributed by atoms with Crippen LogP contribution in [0.3, 0.4) is 0 Å². The molecule has 1 aliphatic rings. The average molecular weight is 228 g/mol. The van der Waals surface area contributed by atoms with E-state index in [1.165, 1.54) is 0 Å². The van der Waals surface area contributed by atoms with Crippen molar-refractivity contribution in [2.45, 2.75) is 18.6 Å². The molecule has 2 atom stereocenters. The standard InChI is InChI=1S/C5H9IO2/c6-3-5-4(7)1-2-8-5/h4-5,7H,1-3H2/t4-,5-/m1/s1. The molecule has 0 aromatic carbocycles. The molecular weight excluding hydrogens is 219 g/mol. The third-order valence-corrected chi connectivity index (χ3v) is 2.19. The molecule has 0 radical (unpaired) electrons. The van der Waals surface area contributed by atoms with Gasteiger partial charge in [-0.15, -0.1) is 0 Å². The maximum absolute atomic E-state index is 9.06. The maximum Gasteiger partial charge on any atom is 0.0923 e. The molecule has 8 heavy (non-hydrogen) atoms. The van der Waals surface area contributed by atoms with Crippen LogP contribution < -0.4 is 0 Å². The lowest BCUT2D eigenvalue weighted by molar-refractivity contribution is 0.0608. The quantitative estimate of drug-likeness (QED) is 0.525. The van der Waals surface area contributed by atoms with Gasteiger partial charge in [0.1, 0.15) is 0 Å². The minimum Gasteiger partial charge on any atom is -0.390 e. The van der Waals surface area contributed by atoms with Crippen LogP contribution in [0.15, 0.2) is 0 Å². The molecular formula is C5H9IO2. The van der Waals surface area contributed by atoms with E-state index in [4.69, 9.17) is 9.84 Å². The van der Waals surface area contributed by atoms with Crippen LogP contribution in [-0.2, 0) is 4.74 Å². The second-order valence-corrected chi connectivity index (χ2v) is 2.80. The van der Waals surface area contributed by atoms with Crippen LogP contribution >= 0.6 is 22.6 Å². The van der Waals surface area contributed by atoms with Crippen molar-refractivity contribution < 1.29 is 9.84 Å². The third kappa shape index (κ3) is 1.33. The Labute approximate surface area is 62.4 Å². The molecule has 0 bridgehead atoms. The van der Waals surface area contributed by atoms with Crippen molar-refractivity contribution in [2.24, 2.45) is 0 Å². The van der Waals surface area contributed by atoms with Crippen molar-refractivity contribution in [3.8, 4) is 0 Å². The Kier molecular flexibility index (Phi) is 2.52. The number of alkyl halides is 1. The highest BCUT2D eigenvalue weighted by Crippen LogP contribution is 2.14. The molecule has 1 fully saturated rings. The zero-order valence-corrected chi connectivity index (χ0v) is 6.67. The Bertz CT molecular complexity index is 76.8. The Morgan fingerprint density at radius 3 is 2.75 bits per heavy atom. The van der Waals surface area contributed by atoms with Gasteiger partial charge >= 0.3 is 0 Å². The summed E-state index contributed by atoms with van der Waals surface area (Å²) in [5.74, 6) is 0.